The molecule has 0 heterocycles. The normalized spacial score (nSPS) is 13.2. The van der Waals surface area contributed by atoms with Gasteiger partial charge in [-0.2, -0.15) is 0 Å². The van der Waals surface area contributed by atoms with Gasteiger partial charge in [-0.25, -0.2) is 0 Å². The van der Waals surface area contributed by atoms with E-state index in [1.807, 2.05) is 32.2 Å². The Morgan fingerprint density at radius 1 is 0.929 bits per heavy atom. The fraction of sp³-hybridized carbons (Fsp3) is 0.292. The van der Waals surface area contributed by atoms with Crippen LogP contribution in [-0.4, -0.2) is 32.7 Å². The van der Waals surface area contributed by atoms with Crippen molar-refractivity contribution in [2.45, 2.75) is 18.9 Å². The predicted molar refractivity (Wildman–Crippen MR) is 114 cm³/mol. The number of carbonyl (C=O) groups is 1. The van der Waals surface area contributed by atoms with Crippen LogP contribution in [0, 0.1) is 0 Å². The fourth-order valence-electron chi connectivity index (χ4n) is 3.56. The number of fused-ring (bicyclic) bond motifs is 1. The van der Waals surface area contributed by atoms with Crippen molar-refractivity contribution in [3.05, 3.63) is 83.9 Å². The smallest absolute Gasteiger partial charge is 0.246 e. The molecule has 0 bridgehead atoms. The van der Waals surface area contributed by atoms with E-state index in [4.69, 9.17) is 4.74 Å². The second-order valence-electron chi connectivity index (χ2n) is 6.87. The Kier molecular flexibility index (Phi) is 7.18. The molecule has 0 unspecified atom stereocenters. The van der Waals surface area contributed by atoms with Crippen molar-refractivity contribution in [3.63, 3.8) is 0 Å². The average Bonchev–Trinajstić information content (AvgIpc) is 2.74. The van der Waals surface area contributed by atoms with E-state index < -0.39 is 0 Å². The van der Waals surface area contributed by atoms with Gasteiger partial charge in [-0.15, -0.1) is 0 Å². The lowest BCUT2D eigenvalue weighted by atomic mass is 9.87. The molecule has 0 radical (unpaired) electrons. The highest BCUT2D eigenvalue weighted by atomic mass is 16.5. The molecule has 0 aliphatic rings. The topological polar surface area (TPSA) is 50.4 Å². The van der Waals surface area contributed by atoms with Crippen molar-refractivity contribution in [2.24, 2.45) is 0 Å². The Morgan fingerprint density at radius 3 is 2.36 bits per heavy atom. The summed E-state index contributed by atoms with van der Waals surface area (Å²) in [6.07, 6.45) is -0.225. The van der Waals surface area contributed by atoms with Gasteiger partial charge in [0.1, 0.15) is 6.61 Å². The number of ether oxygens (including phenoxy) is 1. The van der Waals surface area contributed by atoms with Crippen molar-refractivity contribution in [1.29, 1.82) is 0 Å². The van der Waals surface area contributed by atoms with E-state index in [-0.39, 0.29) is 24.5 Å². The molecule has 4 heteroatoms. The zero-order valence-corrected chi connectivity index (χ0v) is 16.5. The number of likely N-dealkylation sites (N-methyl/N-ethyl adjacent to an activating group) is 2. The molecule has 2 atom stereocenters. The summed E-state index contributed by atoms with van der Waals surface area (Å²) in [7, 11) is 1.94. The number of amides is 1. The fourth-order valence-corrected chi connectivity index (χ4v) is 3.56. The van der Waals surface area contributed by atoms with Crippen LogP contribution in [-0.2, 0) is 9.53 Å². The number of hydrogen-bond donors (Lipinski definition) is 2. The molecule has 0 aromatic heterocycles. The van der Waals surface area contributed by atoms with Crippen LogP contribution >= 0.6 is 0 Å². The van der Waals surface area contributed by atoms with Crippen LogP contribution in [0.3, 0.4) is 0 Å². The molecule has 0 saturated carbocycles. The highest BCUT2D eigenvalue weighted by Gasteiger charge is 2.26. The molecular formula is C24H28N2O2. The minimum absolute atomic E-state index is 0.0429. The maximum absolute atomic E-state index is 12.0. The maximum Gasteiger partial charge on any atom is 0.246 e. The highest BCUT2D eigenvalue weighted by molar-refractivity contribution is 5.83. The zero-order chi connectivity index (χ0) is 19.8. The van der Waals surface area contributed by atoms with Crippen molar-refractivity contribution in [2.75, 3.05) is 26.7 Å². The van der Waals surface area contributed by atoms with Gasteiger partial charge in [0, 0.05) is 19.0 Å². The molecule has 0 aliphatic heterocycles. The van der Waals surface area contributed by atoms with Crippen LogP contribution in [0.2, 0.25) is 0 Å². The summed E-state index contributed by atoms with van der Waals surface area (Å²) < 4.78 is 6.17. The number of rotatable bonds is 9. The van der Waals surface area contributed by atoms with Crippen LogP contribution in [0.5, 0.6) is 0 Å². The lowest BCUT2D eigenvalue weighted by molar-refractivity contribution is -0.128. The van der Waals surface area contributed by atoms with Crippen molar-refractivity contribution >= 4 is 16.7 Å². The maximum atomic E-state index is 12.0. The van der Waals surface area contributed by atoms with Crippen molar-refractivity contribution < 1.29 is 9.53 Å². The molecular weight excluding hydrogens is 348 g/mol. The molecule has 1 amide bonds. The van der Waals surface area contributed by atoms with Crippen LogP contribution in [0.15, 0.2) is 72.8 Å². The van der Waals surface area contributed by atoms with Crippen LogP contribution in [0.25, 0.3) is 10.8 Å². The zero-order valence-electron chi connectivity index (χ0n) is 16.5. The first kappa shape index (κ1) is 20.1. The molecule has 0 fully saturated rings. The van der Waals surface area contributed by atoms with Crippen LogP contribution in [0.1, 0.15) is 30.1 Å². The molecule has 4 nitrogen and oxygen atoms in total. The molecule has 3 aromatic rings. The summed E-state index contributed by atoms with van der Waals surface area (Å²) >= 11 is 0. The molecule has 0 aliphatic carbocycles. The third kappa shape index (κ3) is 4.97. The molecule has 28 heavy (non-hydrogen) atoms. The number of benzene rings is 3. The standard InChI is InChI=1S/C24H28N2O2/c1-3-26-23(27)17-28-24(19-10-5-4-6-11-19)22(16-25-2)21-14-13-18-9-7-8-12-20(18)15-21/h4-15,22,24-25H,3,16-17H2,1-2H3,(H,26,27)/t22-,24-/m1/s1. The molecule has 0 saturated heterocycles. The third-order valence-corrected chi connectivity index (χ3v) is 4.89. The second kappa shape index (κ2) is 10.0. The van der Waals surface area contributed by atoms with Gasteiger partial charge in [0.05, 0.1) is 6.10 Å². The van der Waals surface area contributed by atoms with E-state index in [1.54, 1.807) is 0 Å². The Hall–Kier alpha value is -2.69. The summed E-state index contributed by atoms with van der Waals surface area (Å²) in [5, 5.41) is 8.53. The minimum atomic E-state index is -0.225. The Morgan fingerprint density at radius 2 is 1.64 bits per heavy atom. The minimum Gasteiger partial charge on any atom is -0.363 e. The van der Waals surface area contributed by atoms with Crippen LogP contribution in [0.4, 0.5) is 0 Å². The number of hydrogen-bond acceptors (Lipinski definition) is 3. The summed E-state index contributed by atoms with van der Waals surface area (Å²) in [5.74, 6) is -0.0171. The van der Waals surface area contributed by atoms with E-state index in [2.05, 4.69) is 65.2 Å². The Bertz CT molecular complexity index is 895. The van der Waals surface area contributed by atoms with Gasteiger partial charge in [-0.1, -0.05) is 72.8 Å². The van der Waals surface area contributed by atoms with Gasteiger partial charge in [-0.05, 0) is 35.9 Å². The highest BCUT2D eigenvalue weighted by Crippen LogP contribution is 2.35. The van der Waals surface area contributed by atoms with Gasteiger partial charge in [-0.3, -0.25) is 4.79 Å². The Balaban J connectivity index is 1.95. The number of carbonyl (C=O) groups excluding carboxylic acids is 1. The van der Waals surface area contributed by atoms with E-state index in [0.29, 0.717) is 6.54 Å². The molecule has 0 spiro atoms. The summed E-state index contributed by atoms with van der Waals surface area (Å²) in [6, 6.07) is 25.0. The summed E-state index contributed by atoms with van der Waals surface area (Å²) in [5.41, 5.74) is 2.26. The molecule has 146 valence electrons. The van der Waals surface area contributed by atoms with Gasteiger partial charge in [0.15, 0.2) is 0 Å². The van der Waals surface area contributed by atoms with Crippen molar-refractivity contribution in [1.82, 2.24) is 10.6 Å². The Labute approximate surface area is 166 Å². The first-order valence-corrected chi connectivity index (χ1v) is 9.79. The van der Waals surface area contributed by atoms with Gasteiger partial charge < -0.3 is 15.4 Å². The van der Waals surface area contributed by atoms with Crippen LogP contribution < -0.4 is 10.6 Å². The largest absolute Gasteiger partial charge is 0.363 e. The molecule has 3 aromatic carbocycles. The van der Waals surface area contributed by atoms with E-state index in [9.17, 15) is 4.79 Å². The molecule has 2 N–H and O–H groups in total. The quantitative estimate of drug-likeness (QED) is 0.593. The van der Waals surface area contributed by atoms with E-state index >= 15 is 0 Å². The van der Waals surface area contributed by atoms with Crippen molar-refractivity contribution in [3.8, 4) is 0 Å². The summed E-state index contributed by atoms with van der Waals surface area (Å²) in [6.45, 7) is 3.29. The van der Waals surface area contributed by atoms with Gasteiger partial charge in [0.25, 0.3) is 0 Å². The summed E-state index contributed by atoms with van der Waals surface area (Å²) in [4.78, 5) is 12.0. The monoisotopic (exact) mass is 376 g/mol. The lowest BCUT2D eigenvalue weighted by Crippen LogP contribution is -2.31. The van der Waals surface area contributed by atoms with E-state index in [0.717, 1.165) is 12.1 Å². The molecule has 3 rings (SSSR count). The first-order valence-electron chi connectivity index (χ1n) is 9.79. The average molecular weight is 377 g/mol. The number of nitrogens with one attached hydrogen (secondary N) is 2. The van der Waals surface area contributed by atoms with Gasteiger partial charge in [0.2, 0.25) is 5.91 Å². The third-order valence-electron chi connectivity index (χ3n) is 4.89. The SMILES string of the molecule is CCNC(=O)CO[C@H](c1ccccc1)[C@H](CNC)c1ccc2ccccc2c1. The second-order valence-corrected chi connectivity index (χ2v) is 6.87. The predicted octanol–water partition coefficient (Wildman–Crippen LogP) is 4.04. The van der Waals surface area contributed by atoms with E-state index in [1.165, 1.54) is 16.3 Å². The first-order chi connectivity index (χ1) is 13.7. The van der Waals surface area contributed by atoms with Gasteiger partial charge >= 0.3 is 0 Å². The lowest BCUT2D eigenvalue weighted by Gasteiger charge is -2.28.